The maximum atomic E-state index is 15.1. The van der Waals surface area contributed by atoms with Crippen LogP contribution in [0.25, 0.3) is 11.3 Å². The monoisotopic (exact) mass is 543 g/mol. The van der Waals surface area contributed by atoms with Crippen molar-refractivity contribution in [3.8, 4) is 11.3 Å². The second-order valence-corrected chi connectivity index (χ2v) is 10.7. The first-order valence-electron chi connectivity index (χ1n) is 13.3. The van der Waals surface area contributed by atoms with Gasteiger partial charge in [-0.3, -0.25) is 9.88 Å². The molecule has 2 aliphatic heterocycles. The molecule has 6 nitrogen and oxygen atoms in total. The van der Waals surface area contributed by atoms with E-state index in [9.17, 15) is 13.9 Å². The summed E-state index contributed by atoms with van der Waals surface area (Å²) in [5.41, 5.74) is 7.98. The molecule has 39 heavy (non-hydrogen) atoms. The zero-order valence-electron chi connectivity index (χ0n) is 21.8. The van der Waals surface area contributed by atoms with Gasteiger partial charge in [-0.05, 0) is 60.7 Å². The van der Waals surface area contributed by atoms with E-state index in [1.807, 2.05) is 13.0 Å². The number of nitrogens with two attached hydrogens (primary N) is 1. The highest BCUT2D eigenvalue weighted by Crippen LogP contribution is 2.30. The van der Waals surface area contributed by atoms with Gasteiger partial charge < -0.3 is 15.7 Å². The largest absolute Gasteiger partial charge is 0.391 e. The molecule has 2 fully saturated rings. The molecule has 0 amide bonds. The van der Waals surface area contributed by atoms with E-state index < -0.39 is 35.3 Å². The predicted octanol–water partition coefficient (Wildman–Crippen LogP) is 4.03. The normalized spacial score (nSPS) is 23.9. The molecule has 1 aromatic carbocycles. The number of aryl methyl sites for hydroxylation is 2. The van der Waals surface area contributed by atoms with E-state index in [4.69, 9.17) is 5.73 Å². The Labute approximate surface area is 225 Å². The minimum Gasteiger partial charge on any atom is -0.391 e. The number of aliphatic hydroxyl groups is 1. The second kappa shape index (κ2) is 11.6. The highest BCUT2D eigenvalue weighted by Gasteiger charge is 2.31. The van der Waals surface area contributed by atoms with Gasteiger partial charge in [0.1, 0.15) is 29.3 Å². The van der Waals surface area contributed by atoms with Crippen molar-refractivity contribution in [2.75, 3.05) is 31.1 Å². The maximum absolute atomic E-state index is 15.1. The Bertz CT molecular complexity index is 1290. The van der Waals surface area contributed by atoms with E-state index in [-0.39, 0.29) is 30.7 Å². The average Bonchev–Trinajstić information content (AvgIpc) is 3.31. The summed E-state index contributed by atoms with van der Waals surface area (Å²) in [6.07, 6.45) is 3.26. The van der Waals surface area contributed by atoms with Crippen LogP contribution in [-0.4, -0.2) is 64.5 Å². The fourth-order valence-electron chi connectivity index (χ4n) is 5.62. The summed E-state index contributed by atoms with van der Waals surface area (Å²) in [4.78, 5) is 12.5. The lowest BCUT2D eigenvalue weighted by molar-refractivity contribution is 0.0784. The number of anilines is 1. The highest BCUT2D eigenvalue weighted by molar-refractivity contribution is 5.62. The molecule has 0 aliphatic carbocycles. The Morgan fingerprint density at radius 3 is 2.49 bits per heavy atom. The summed E-state index contributed by atoms with van der Waals surface area (Å²) < 4.78 is 58.4. The molecule has 2 aliphatic rings. The van der Waals surface area contributed by atoms with Crippen molar-refractivity contribution in [2.45, 2.75) is 51.0 Å². The van der Waals surface area contributed by atoms with Crippen molar-refractivity contribution in [2.24, 2.45) is 11.7 Å². The fourth-order valence-corrected chi connectivity index (χ4v) is 5.62. The number of pyridine rings is 2. The fraction of sp³-hybridized carbons (Fsp3) is 0.448. The van der Waals surface area contributed by atoms with Gasteiger partial charge in [-0.2, -0.15) is 0 Å². The van der Waals surface area contributed by atoms with Crippen LogP contribution in [0.4, 0.5) is 23.2 Å². The maximum Gasteiger partial charge on any atom is 0.149 e. The first-order valence-corrected chi connectivity index (χ1v) is 13.3. The average molecular weight is 544 g/mol. The molecular formula is C29H33F4N5O. The third-order valence-electron chi connectivity index (χ3n) is 7.69. The lowest BCUT2D eigenvalue weighted by atomic mass is 9.92. The molecule has 0 saturated carbocycles. The first kappa shape index (κ1) is 27.5. The molecule has 208 valence electrons. The molecule has 0 spiro atoms. The lowest BCUT2D eigenvalue weighted by Crippen LogP contribution is -2.55. The number of halogens is 4. The van der Waals surface area contributed by atoms with Crippen LogP contribution in [0.1, 0.15) is 30.2 Å². The van der Waals surface area contributed by atoms with Crippen molar-refractivity contribution < 1.29 is 22.7 Å². The molecule has 0 unspecified atom stereocenters. The molecule has 4 heterocycles. The topological polar surface area (TPSA) is 78.5 Å². The second-order valence-electron chi connectivity index (χ2n) is 10.7. The van der Waals surface area contributed by atoms with Gasteiger partial charge in [0.25, 0.3) is 0 Å². The zero-order chi connectivity index (χ0) is 27.7. The van der Waals surface area contributed by atoms with E-state index >= 15 is 8.78 Å². The van der Waals surface area contributed by atoms with Crippen LogP contribution < -0.4 is 10.6 Å². The van der Waals surface area contributed by atoms with Gasteiger partial charge >= 0.3 is 0 Å². The van der Waals surface area contributed by atoms with Gasteiger partial charge in [0.2, 0.25) is 0 Å². The quantitative estimate of drug-likeness (QED) is 0.438. The molecule has 4 atom stereocenters. The summed E-state index contributed by atoms with van der Waals surface area (Å²) in [5.74, 6) is -2.63. The highest BCUT2D eigenvalue weighted by atomic mass is 19.1. The molecule has 0 bridgehead atoms. The van der Waals surface area contributed by atoms with Crippen LogP contribution in [-0.2, 0) is 19.4 Å². The van der Waals surface area contributed by atoms with Crippen molar-refractivity contribution >= 4 is 5.69 Å². The number of hydrogen-bond donors (Lipinski definition) is 2. The Balaban J connectivity index is 1.34. The zero-order valence-corrected chi connectivity index (χ0v) is 21.8. The van der Waals surface area contributed by atoms with E-state index in [0.29, 0.717) is 50.2 Å². The number of aromatic nitrogens is 2. The molecule has 2 aromatic heterocycles. The van der Waals surface area contributed by atoms with Crippen LogP contribution in [0.2, 0.25) is 0 Å². The summed E-state index contributed by atoms with van der Waals surface area (Å²) in [6.45, 7) is 4.07. The standard InChI is InChI=1S/C29H33F4N5O/c1-17-13-38(16-25(34)29(17)39)26-6-8-35-12-19(26)2-3-21-4-5-22(31)28(36-21)27-23(32)10-18(11-24(27)33)14-37-9-7-20(30)15-37/h4-6,8,10-12,17,20,25,29,39H,2-3,7,9,13-16,34H2,1H3/t17-,20-,25+,29+/m0/s1. The number of aliphatic hydroxyl groups excluding tert-OH is 1. The number of hydrogen-bond acceptors (Lipinski definition) is 6. The first-order chi connectivity index (χ1) is 18.7. The Kier molecular flexibility index (Phi) is 8.16. The number of likely N-dealkylation sites (tertiary alicyclic amines) is 1. The molecule has 0 radical (unpaired) electrons. The molecule has 3 aromatic rings. The van der Waals surface area contributed by atoms with Crippen molar-refractivity contribution in [1.29, 1.82) is 0 Å². The van der Waals surface area contributed by atoms with Crippen LogP contribution in [0.5, 0.6) is 0 Å². The Morgan fingerprint density at radius 1 is 1.03 bits per heavy atom. The van der Waals surface area contributed by atoms with Gasteiger partial charge in [-0.25, -0.2) is 22.5 Å². The van der Waals surface area contributed by atoms with Crippen LogP contribution >= 0.6 is 0 Å². The van der Waals surface area contributed by atoms with Crippen molar-refractivity contribution in [3.63, 3.8) is 0 Å². The van der Waals surface area contributed by atoms with Crippen molar-refractivity contribution in [1.82, 2.24) is 14.9 Å². The summed E-state index contributed by atoms with van der Waals surface area (Å²) >= 11 is 0. The predicted molar refractivity (Wildman–Crippen MR) is 141 cm³/mol. The van der Waals surface area contributed by atoms with E-state index in [0.717, 1.165) is 11.3 Å². The lowest BCUT2D eigenvalue weighted by Gasteiger charge is -2.40. The Hall–Kier alpha value is -3.08. The number of alkyl halides is 1. The van der Waals surface area contributed by atoms with E-state index in [2.05, 4.69) is 14.9 Å². The summed E-state index contributed by atoms with van der Waals surface area (Å²) in [6, 6.07) is 6.55. The van der Waals surface area contributed by atoms with Crippen molar-refractivity contribution in [3.05, 3.63) is 77.0 Å². The molecule has 3 N–H and O–H groups in total. The summed E-state index contributed by atoms with van der Waals surface area (Å²) in [5, 5.41) is 10.2. The van der Waals surface area contributed by atoms with E-state index in [1.165, 1.54) is 24.3 Å². The van der Waals surface area contributed by atoms with Gasteiger partial charge in [0, 0.05) is 68.5 Å². The number of rotatable bonds is 7. The smallest absolute Gasteiger partial charge is 0.149 e. The van der Waals surface area contributed by atoms with Gasteiger partial charge in [0.15, 0.2) is 0 Å². The van der Waals surface area contributed by atoms with Gasteiger partial charge in [-0.1, -0.05) is 6.92 Å². The summed E-state index contributed by atoms with van der Waals surface area (Å²) in [7, 11) is 0. The number of piperidine rings is 1. The number of nitrogens with zero attached hydrogens (tertiary/aromatic N) is 4. The van der Waals surface area contributed by atoms with E-state index in [1.54, 1.807) is 17.3 Å². The number of benzene rings is 1. The van der Waals surface area contributed by atoms with Gasteiger partial charge in [0.05, 0.1) is 11.7 Å². The molecule has 2 saturated heterocycles. The Morgan fingerprint density at radius 2 is 1.79 bits per heavy atom. The minimum atomic E-state index is -0.934. The van der Waals surface area contributed by atoms with Crippen LogP contribution in [0.3, 0.4) is 0 Å². The van der Waals surface area contributed by atoms with Crippen LogP contribution in [0.15, 0.2) is 42.7 Å². The van der Waals surface area contributed by atoms with Crippen LogP contribution in [0, 0.1) is 23.4 Å². The molecule has 10 heteroatoms. The third kappa shape index (κ3) is 6.08. The molecular weight excluding hydrogens is 510 g/mol. The van der Waals surface area contributed by atoms with Gasteiger partial charge in [-0.15, -0.1) is 0 Å². The minimum absolute atomic E-state index is 0.00299. The third-order valence-corrected chi connectivity index (χ3v) is 7.69. The SMILES string of the molecule is C[C@H]1CN(c2ccncc2CCc2ccc(F)c(-c3c(F)cc(CN4CC[C@H](F)C4)cc3F)n2)C[C@@H](N)[C@@H]1O. The molecule has 5 rings (SSSR count).